The van der Waals surface area contributed by atoms with Gasteiger partial charge < -0.3 is 10.1 Å². The van der Waals surface area contributed by atoms with Crippen molar-refractivity contribution in [1.82, 2.24) is 0 Å². The third-order valence-corrected chi connectivity index (χ3v) is 2.09. The molecule has 0 saturated carbocycles. The SMILES string of the molecule is CC[C@H](CC=O)Nc1ccc(F)cc1. The molecule has 0 bridgehead atoms. The van der Waals surface area contributed by atoms with E-state index in [2.05, 4.69) is 5.32 Å². The van der Waals surface area contributed by atoms with Crippen molar-refractivity contribution in [2.45, 2.75) is 25.8 Å². The largest absolute Gasteiger partial charge is 0.382 e. The summed E-state index contributed by atoms with van der Waals surface area (Å²) in [5.41, 5.74) is 0.847. The molecule has 3 heteroatoms. The molecule has 76 valence electrons. The smallest absolute Gasteiger partial charge is 0.123 e. The molecule has 0 spiro atoms. The van der Waals surface area contributed by atoms with Gasteiger partial charge in [0.25, 0.3) is 0 Å². The highest BCUT2D eigenvalue weighted by atomic mass is 19.1. The van der Waals surface area contributed by atoms with Crippen LogP contribution in [0.3, 0.4) is 0 Å². The van der Waals surface area contributed by atoms with Gasteiger partial charge in [0.1, 0.15) is 12.1 Å². The maximum absolute atomic E-state index is 12.6. The Morgan fingerprint density at radius 1 is 1.43 bits per heavy atom. The molecule has 1 aromatic carbocycles. The summed E-state index contributed by atoms with van der Waals surface area (Å²) in [6.45, 7) is 2.00. The number of benzene rings is 1. The second-order valence-corrected chi connectivity index (χ2v) is 3.16. The molecule has 0 aliphatic heterocycles. The third-order valence-electron chi connectivity index (χ3n) is 2.09. The van der Waals surface area contributed by atoms with Crippen molar-refractivity contribution in [2.24, 2.45) is 0 Å². The zero-order valence-corrected chi connectivity index (χ0v) is 8.16. The van der Waals surface area contributed by atoms with E-state index in [1.165, 1.54) is 12.1 Å². The van der Waals surface area contributed by atoms with Gasteiger partial charge in [-0.05, 0) is 30.7 Å². The number of carbonyl (C=O) groups is 1. The van der Waals surface area contributed by atoms with Crippen LogP contribution in [-0.2, 0) is 4.79 Å². The van der Waals surface area contributed by atoms with E-state index in [9.17, 15) is 9.18 Å². The molecule has 0 aliphatic carbocycles. The molecule has 1 atom stereocenters. The first-order valence-electron chi connectivity index (χ1n) is 4.72. The zero-order chi connectivity index (χ0) is 10.4. The number of carbonyl (C=O) groups excluding carboxylic acids is 1. The van der Waals surface area contributed by atoms with E-state index in [0.29, 0.717) is 6.42 Å². The Labute approximate surface area is 83.1 Å². The minimum atomic E-state index is -0.251. The Hall–Kier alpha value is -1.38. The maximum Gasteiger partial charge on any atom is 0.123 e. The number of hydrogen-bond acceptors (Lipinski definition) is 2. The summed E-state index contributed by atoms with van der Waals surface area (Å²) in [7, 11) is 0. The van der Waals surface area contributed by atoms with E-state index < -0.39 is 0 Å². The van der Waals surface area contributed by atoms with Crippen molar-refractivity contribution in [1.29, 1.82) is 0 Å². The molecule has 1 N–H and O–H groups in total. The van der Waals surface area contributed by atoms with Gasteiger partial charge in [-0.3, -0.25) is 0 Å². The Balaban J connectivity index is 2.57. The van der Waals surface area contributed by atoms with E-state index in [0.717, 1.165) is 18.4 Å². The van der Waals surface area contributed by atoms with Crippen LogP contribution in [0.25, 0.3) is 0 Å². The Morgan fingerprint density at radius 3 is 2.57 bits per heavy atom. The molecule has 0 saturated heterocycles. The van der Waals surface area contributed by atoms with Crippen LogP contribution >= 0.6 is 0 Å². The number of anilines is 1. The fourth-order valence-electron chi connectivity index (χ4n) is 1.23. The van der Waals surface area contributed by atoms with Crippen LogP contribution in [0.15, 0.2) is 24.3 Å². The maximum atomic E-state index is 12.6. The molecule has 1 rings (SSSR count). The van der Waals surface area contributed by atoms with Crippen molar-refractivity contribution in [3.63, 3.8) is 0 Å². The third kappa shape index (κ3) is 3.17. The fraction of sp³-hybridized carbons (Fsp3) is 0.364. The lowest BCUT2D eigenvalue weighted by Crippen LogP contribution is -2.18. The molecular weight excluding hydrogens is 181 g/mol. The van der Waals surface area contributed by atoms with Crippen LogP contribution in [-0.4, -0.2) is 12.3 Å². The Bertz CT molecular complexity index is 284. The van der Waals surface area contributed by atoms with Gasteiger partial charge in [0.2, 0.25) is 0 Å². The quantitative estimate of drug-likeness (QED) is 0.732. The van der Waals surface area contributed by atoms with Crippen LogP contribution in [0, 0.1) is 5.82 Å². The van der Waals surface area contributed by atoms with Gasteiger partial charge in [-0.15, -0.1) is 0 Å². The highest BCUT2D eigenvalue weighted by Crippen LogP contribution is 2.11. The van der Waals surface area contributed by atoms with E-state index >= 15 is 0 Å². The van der Waals surface area contributed by atoms with Gasteiger partial charge in [-0.2, -0.15) is 0 Å². The van der Waals surface area contributed by atoms with Crippen LogP contribution in [0.1, 0.15) is 19.8 Å². The van der Waals surface area contributed by atoms with Crippen molar-refractivity contribution in [3.8, 4) is 0 Å². The molecule has 0 unspecified atom stereocenters. The molecule has 14 heavy (non-hydrogen) atoms. The fourth-order valence-corrected chi connectivity index (χ4v) is 1.23. The topological polar surface area (TPSA) is 29.1 Å². The number of hydrogen-bond donors (Lipinski definition) is 1. The number of halogens is 1. The lowest BCUT2D eigenvalue weighted by molar-refractivity contribution is -0.108. The van der Waals surface area contributed by atoms with Gasteiger partial charge in [0, 0.05) is 18.2 Å². The molecule has 1 aromatic rings. The normalized spacial score (nSPS) is 12.1. The van der Waals surface area contributed by atoms with E-state index in [4.69, 9.17) is 0 Å². The van der Waals surface area contributed by atoms with Crippen LogP contribution in [0.2, 0.25) is 0 Å². The van der Waals surface area contributed by atoms with Gasteiger partial charge in [-0.1, -0.05) is 6.92 Å². The molecular formula is C11H14FNO. The second kappa shape index (κ2) is 5.37. The monoisotopic (exact) mass is 195 g/mol. The molecule has 0 fully saturated rings. The number of rotatable bonds is 5. The Morgan fingerprint density at radius 2 is 2.07 bits per heavy atom. The first-order chi connectivity index (χ1) is 6.76. The lowest BCUT2D eigenvalue weighted by atomic mass is 10.1. The average molecular weight is 195 g/mol. The summed E-state index contributed by atoms with van der Waals surface area (Å²) >= 11 is 0. The van der Waals surface area contributed by atoms with Crippen LogP contribution in [0.4, 0.5) is 10.1 Å². The van der Waals surface area contributed by atoms with Gasteiger partial charge in [-0.25, -0.2) is 4.39 Å². The van der Waals surface area contributed by atoms with Crippen molar-refractivity contribution in [3.05, 3.63) is 30.1 Å². The van der Waals surface area contributed by atoms with Crippen molar-refractivity contribution in [2.75, 3.05) is 5.32 Å². The van der Waals surface area contributed by atoms with E-state index in [1.54, 1.807) is 12.1 Å². The molecule has 0 radical (unpaired) electrons. The van der Waals surface area contributed by atoms with Gasteiger partial charge in [0.15, 0.2) is 0 Å². The minimum Gasteiger partial charge on any atom is -0.382 e. The average Bonchev–Trinajstić information content (AvgIpc) is 2.20. The predicted molar refractivity (Wildman–Crippen MR) is 54.8 cm³/mol. The lowest BCUT2D eigenvalue weighted by Gasteiger charge is -2.15. The highest BCUT2D eigenvalue weighted by Gasteiger charge is 2.04. The first kappa shape index (κ1) is 10.7. The number of nitrogens with one attached hydrogen (secondary N) is 1. The van der Waals surface area contributed by atoms with E-state index in [-0.39, 0.29) is 11.9 Å². The number of aldehydes is 1. The summed E-state index contributed by atoms with van der Waals surface area (Å²) in [4.78, 5) is 10.3. The molecule has 0 heterocycles. The predicted octanol–water partition coefficient (Wildman–Crippen LogP) is 2.61. The van der Waals surface area contributed by atoms with Crippen LogP contribution < -0.4 is 5.32 Å². The molecule has 0 amide bonds. The molecule has 0 aliphatic rings. The Kier molecular flexibility index (Phi) is 4.11. The van der Waals surface area contributed by atoms with Crippen molar-refractivity contribution < 1.29 is 9.18 Å². The summed E-state index contributed by atoms with van der Waals surface area (Å²) in [6.07, 6.45) is 2.24. The summed E-state index contributed by atoms with van der Waals surface area (Å²) in [5.74, 6) is -0.251. The van der Waals surface area contributed by atoms with Gasteiger partial charge >= 0.3 is 0 Å². The first-order valence-corrected chi connectivity index (χ1v) is 4.72. The molecule has 2 nitrogen and oxygen atoms in total. The summed E-state index contributed by atoms with van der Waals surface area (Å²) in [5, 5.41) is 3.16. The van der Waals surface area contributed by atoms with E-state index in [1.807, 2.05) is 6.92 Å². The molecule has 0 aromatic heterocycles. The minimum absolute atomic E-state index is 0.137. The standard InChI is InChI=1S/C11H14FNO/c1-2-10(7-8-14)13-11-5-3-9(12)4-6-11/h3-6,8,10,13H,2,7H2,1H3/t10-/m1/s1. The zero-order valence-electron chi connectivity index (χ0n) is 8.16. The summed E-state index contributed by atoms with van der Waals surface area (Å²) < 4.78 is 12.6. The highest BCUT2D eigenvalue weighted by molar-refractivity contribution is 5.53. The summed E-state index contributed by atoms with van der Waals surface area (Å²) in [6, 6.07) is 6.27. The van der Waals surface area contributed by atoms with Crippen LogP contribution in [0.5, 0.6) is 0 Å². The van der Waals surface area contributed by atoms with Crippen molar-refractivity contribution >= 4 is 12.0 Å². The second-order valence-electron chi connectivity index (χ2n) is 3.16. The van der Waals surface area contributed by atoms with Gasteiger partial charge in [0.05, 0.1) is 0 Å².